The van der Waals surface area contributed by atoms with E-state index in [0.717, 1.165) is 0 Å². The number of amides is 2. The third kappa shape index (κ3) is 7.88. The van der Waals surface area contributed by atoms with Gasteiger partial charge < -0.3 is 19.5 Å². The molecule has 1 N–H and O–H groups in total. The summed E-state index contributed by atoms with van der Waals surface area (Å²) in [7, 11) is 0. The van der Waals surface area contributed by atoms with Crippen molar-refractivity contribution in [2.24, 2.45) is 5.92 Å². The van der Waals surface area contributed by atoms with Gasteiger partial charge in [-0.05, 0) is 48.0 Å². The van der Waals surface area contributed by atoms with Gasteiger partial charge in [-0.15, -0.1) is 0 Å². The second kappa shape index (κ2) is 11.6. The molecule has 31 heavy (non-hydrogen) atoms. The summed E-state index contributed by atoms with van der Waals surface area (Å²) < 4.78 is 16.8. The van der Waals surface area contributed by atoms with Gasteiger partial charge in [0.25, 0.3) is 0 Å². The zero-order valence-electron chi connectivity index (χ0n) is 20.0. The Morgan fingerprint density at radius 1 is 1.10 bits per heavy atom. The van der Waals surface area contributed by atoms with Crippen molar-refractivity contribution in [2.45, 2.75) is 98.2 Å². The molecule has 0 bridgehead atoms. The maximum atomic E-state index is 13.1. The van der Waals surface area contributed by atoms with Gasteiger partial charge in [-0.3, -0.25) is 19.3 Å². The lowest BCUT2D eigenvalue weighted by molar-refractivity contribution is -0.139. The summed E-state index contributed by atoms with van der Waals surface area (Å²) in [5.41, 5.74) is -0.792. The van der Waals surface area contributed by atoms with Crippen LogP contribution in [0.2, 0.25) is 0 Å². The first-order chi connectivity index (χ1) is 14.3. The average molecular weight is 443 g/mol. The Hall–Kier alpha value is -2.00. The smallest absolute Gasteiger partial charge is 0.411 e. The average Bonchev–Trinajstić information content (AvgIpc) is 3.02. The highest BCUT2D eigenvalue weighted by molar-refractivity contribution is 5.91. The van der Waals surface area contributed by atoms with E-state index in [9.17, 15) is 19.2 Å². The number of nitrogens with zero attached hydrogens (tertiary/aromatic N) is 1. The fraction of sp³-hybridized carbons (Fsp3) is 0.818. The SMILES string of the molecule is CCOC(C)OCC1CC(C(C)=O)N(C(=O)OC(C)(C)C)C1C(NC(C)=O)C(=O)CC. The molecule has 0 radical (unpaired) electrons. The van der Waals surface area contributed by atoms with Gasteiger partial charge in [0, 0.05) is 25.9 Å². The molecule has 178 valence electrons. The number of rotatable bonds is 10. The highest BCUT2D eigenvalue weighted by Crippen LogP contribution is 2.35. The van der Waals surface area contributed by atoms with Gasteiger partial charge in [-0.1, -0.05) is 6.92 Å². The molecule has 0 spiro atoms. The highest BCUT2D eigenvalue weighted by atomic mass is 16.7. The number of Topliss-reactive ketones (excluding diaryl/α,β-unsaturated/α-hetero) is 2. The minimum atomic E-state index is -0.977. The van der Waals surface area contributed by atoms with Gasteiger partial charge in [0.1, 0.15) is 11.6 Å². The van der Waals surface area contributed by atoms with E-state index in [0.29, 0.717) is 13.0 Å². The number of hydrogen-bond donors (Lipinski definition) is 1. The quantitative estimate of drug-likeness (QED) is 0.517. The molecule has 1 aliphatic rings. The minimum Gasteiger partial charge on any atom is -0.444 e. The summed E-state index contributed by atoms with van der Waals surface area (Å²) >= 11 is 0. The van der Waals surface area contributed by atoms with Crippen molar-refractivity contribution in [3.8, 4) is 0 Å². The van der Waals surface area contributed by atoms with Crippen LogP contribution < -0.4 is 5.32 Å². The van der Waals surface area contributed by atoms with Gasteiger partial charge in [-0.25, -0.2) is 4.79 Å². The zero-order chi connectivity index (χ0) is 23.9. The minimum absolute atomic E-state index is 0.155. The zero-order valence-corrected chi connectivity index (χ0v) is 20.0. The fourth-order valence-electron chi connectivity index (χ4n) is 3.84. The van der Waals surface area contributed by atoms with Crippen LogP contribution in [0.4, 0.5) is 4.79 Å². The van der Waals surface area contributed by atoms with Gasteiger partial charge in [0.05, 0.1) is 18.7 Å². The molecular weight excluding hydrogens is 404 g/mol. The Kier molecular flexibility index (Phi) is 10.1. The summed E-state index contributed by atoms with van der Waals surface area (Å²) in [6, 6.07) is -2.54. The largest absolute Gasteiger partial charge is 0.444 e. The van der Waals surface area contributed by atoms with Crippen LogP contribution in [0.5, 0.6) is 0 Å². The summed E-state index contributed by atoms with van der Waals surface area (Å²) in [5.74, 6) is -1.23. The lowest BCUT2D eigenvalue weighted by atomic mass is 9.90. The van der Waals surface area contributed by atoms with E-state index in [4.69, 9.17) is 14.2 Å². The van der Waals surface area contributed by atoms with Gasteiger partial charge in [0.2, 0.25) is 5.91 Å². The van der Waals surface area contributed by atoms with Gasteiger partial charge >= 0.3 is 6.09 Å². The standard InChI is InChI=1S/C22H38N2O7/c1-9-18(27)19(23-14(4)26)20-16(12-30-15(5)29-10-2)11-17(13(3)25)24(20)21(28)31-22(6,7)8/h15-17,19-20H,9-12H2,1-8H3,(H,23,26). The van der Waals surface area contributed by atoms with E-state index in [-0.39, 0.29) is 30.5 Å². The number of nitrogens with one attached hydrogen (secondary N) is 1. The molecule has 9 nitrogen and oxygen atoms in total. The van der Waals surface area contributed by atoms with E-state index < -0.39 is 42.0 Å². The predicted molar refractivity (Wildman–Crippen MR) is 114 cm³/mol. The van der Waals surface area contributed by atoms with E-state index in [1.165, 1.54) is 18.7 Å². The van der Waals surface area contributed by atoms with E-state index in [2.05, 4.69) is 5.32 Å². The van der Waals surface area contributed by atoms with Crippen LogP contribution in [-0.2, 0) is 28.6 Å². The van der Waals surface area contributed by atoms with Crippen LogP contribution in [0.15, 0.2) is 0 Å². The van der Waals surface area contributed by atoms with Crippen LogP contribution in [0, 0.1) is 5.92 Å². The van der Waals surface area contributed by atoms with Gasteiger partial charge in [-0.2, -0.15) is 0 Å². The molecule has 9 heteroatoms. The second-order valence-electron chi connectivity index (χ2n) is 8.85. The summed E-state index contributed by atoms with van der Waals surface area (Å²) in [5, 5.41) is 2.69. The van der Waals surface area contributed by atoms with Crippen molar-refractivity contribution < 1.29 is 33.4 Å². The first-order valence-electron chi connectivity index (χ1n) is 10.9. The number of ketones is 2. The maximum Gasteiger partial charge on any atom is 0.411 e. The van der Waals surface area contributed by atoms with Crippen molar-refractivity contribution in [3.63, 3.8) is 0 Å². The second-order valence-corrected chi connectivity index (χ2v) is 8.85. The maximum absolute atomic E-state index is 13.1. The number of hydrogen-bond acceptors (Lipinski definition) is 7. The monoisotopic (exact) mass is 442 g/mol. The lowest BCUT2D eigenvalue weighted by Crippen LogP contribution is -2.59. The molecule has 1 rings (SSSR count). The molecule has 1 fully saturated rings. The molecule has 5 unspecified atom stereocenters. The molecule has 5 atom stereocenters. The summed E-state index contributed by atoms with van der Waals surface area (Å²) in [6.45, 7) is 13.8. The van der Waals surface area contributed by atoms with Crippen molar-refractivity contribution in [2.75, 3.05) is 13.2 Å². The summed E-state index contributed by atoms with van der Waals surface area (Å²) in [6.07, 6.45) is -0.724. The first kappa shape index (κ1) is 27.0. The van der Waals surface area contributed by atoms with Crippen LogP contribution in [-0.4, -0.2) is 71.7 Å². The molecule has 0 aromatic carbocycles. The van der Waals surface area contributed by atoms with Crippen LogP contribution >= 0.6 is 0 Å². The Morgan fingerprint density at radius 3 is 2.16 bits per heavy atom. The van der Waals surface area contributed by atoms with Crippen molar-refractivity contribution in [1.29, 1.82) is 0 Å². The molecule has 0 aromatic rings. The van der Waals surface area contributed by atoms with Crippen LogP contribution in [0.3, 0.4) is 0 Å². The number of ether oxygens (including phenoxy) is 3. The third-order valence-electron chi connectivity index (χ3n) is 5.08. The molecule has 0 saturated carbocycles. The van der Waals surface area contributed by atoms with E-state index in [1.807, 2.05) is 6.92 Å². The normalized spacial score (nSPS) is 23.2. The van der Waals surface area contributed by atoms with Crippen molar-refractivity contribution in [1.82, 2.24) is 10.2 Å². The van der Waals surface area contributed by atoms with Crippen LogP contribution in [0.25, 0.3) is 0 Å². The van der Waals surface area contributed by atoms with Gasteiger partial charge in [0.15, 0.2) is 17.9 Å². The summed E-state index contributed by atoms with van der Waals surface area (Å²) in [4.78, 5) is 51.6. The highest BCUT2D eigenvalue weighted by Gasteiger charge is 2.52. The van der Waals surface area contributed by atoms with E-state index in [1.54, 1.807) is 34.6 Å². The number of carbonyl (C=O) groups is 4. The number of likely N-dealkylation sites (tertiary alicyclic amines) is 1. The fourth-order valence-corrected chi connectivity index (χ4v) is 3.84. The molecule has 0 aliphatic carbocycles. The Morgan fingerprint density at radius 2 is 1.71 bits per heavy atom. The van der Waals surface area contributed by atoms with Crippen LogP contribution in [0.1, 0.15) is 68.2 Å². The first-order valence-corrected chi connectivity index (χ1v) is 10.9. The number of carbonyl (C=O) groups excluding carboxylic acids is 4. The van der Waals surface area contributed by atoms with Crippen molar-refractivity contribution >= 4 is 23.6 Å². The molecule has 0 aromatic heterocycles. The Labute approximate surface area is 185 Å². The Bertz CT molecular complexity index is 659. The Balaban J connectivity index is 3.39. The molecule has 1 saturated heterocycles. The lowest BCUT2D eigenvalue weighted by Gasteiger charge is -2.37. The predicted octanol–water partition coefficient (Wildman–Crippen LogP) is 2.45. The third-order valence-corrected chi connectivity index (χ3v) is 5.08. The molecule has 1 heterocycles. The molecule has 2 amide bonds. The topological polar surface area (TPSA) is 111 Å². The van der Waals surface area contributed by atoms with Crippen molar-refractivity contribution in [3.05, 3.63) is 0 Å². The molecular formula is C22H38N2O7. The van der Waals surface area contributed by atoms with E-state index >= 15 is 0 Å². The molecule has 1 aliphatic heterocycles.